The van der Waals surface area contributed by atoms with Crippen LogP contribution in [0.2, 0.25) is 0 Å². The maximum Gasteiger partial charge on any atom is 0.266 e. The van der Waals surface area contributed by atoms with Crippen LogP contribution in [0.3, 0.4) is 0 Å². The molecule has 1 heterocycles. The van der Waals surface area contributed by atoms with Crippen molar-refractivity contribution in [3.8, 4) is 11.4 Å². The van der Waals surface area contributed by atoms with Crippen molar-refractivity contribution in [3.05, 3.63) is 100 Å². The van der Waals surface area contributed by atoms with Crippen LogP contribution in [0, 0.1) is 5.82 Å². The van der Waals surface area contributed by atoms with Gasteiger partial charge in [0, 0.05) is 12.1 Å². The molecular formula is C29H30FN3O3. The Bertz CT molecular complexity index is 1420. The lowest BCUT2D eigenvalue weighted by Crippen LogP contribution is -2.38. The van der Waals surface area contributed by atoms with Gasteiger partial charge in [0.15, 0.2) is 0 Å². The van der Waals surface area contributed by atoms with Gasteiger partial charge in [-0.25, -0.2) is 9.37 Å². The first kappa shape index (κ1) is 25.1. The number of fused-ring (bicyclic) bond motifs is 1. The second kappa shape index (κ2) is 11.2. The molecule has 0 saturated heterocycles. The van der Waals surface area contributed by atoms with Crippen LogP contribution in [0.5, 0.6) is 5.75 Å². The first-order chi connectivity index (χ1) is 17.4. The highest BCUT2D eigenvalue weighted by Crippen LogP contribution is 2.26. The minimum absolute atomic E-state index is 0.222. The van der Waals surface area contributed by atoms with Crippen molar-refractivity contribution in [2.45, 2.75) is 39.7 Å². The summed E-state index contributed by atoms with van der Waals surface area (Å²) in [5.41, 5.74) is 1.21. The summed E-state index contributed by atoms with van der Waals surface area (Å²) in [6.07, 6.45) is 1.63. The Balaban J connectivity index is 1.87. The highest BCUT2D eigenvalue weighted by atomic mass is 19.1. The molecule has 1 unspecified atom stereocenters. The number of rotatable bonds is 9. The average molecular weight is 488 g/mol. The van der Waals surface area contributed by atoms with Gasteiger partial charge in [-0.1, -0.05) is 31.5 Å². The van der Waals surface area contributed by atoms with E-state index >= 15 is 0 Å². The summed E-state index contributed by atoms with van der Waals surface area (Å²) in [4.78, 5) is 33.8. The number of carbonyl (C=O) groups is 1. The normalized spacial score (nSPS) is 11.9. The number of hydrogen-bond donors (Lipinski definition) is 0. The van der Waals surface area contributed by atoms with Crippen molar-refractivity contribution in [1.82, 2.24) is 14.5 Å². The molecule has 0 bridgehead atoms. The van der Waals surface area contributed by atoms with Gasteiger partial charge in [-0.3, -0.25) is 14.2 Å². The second-order valence-electron chi connectivity index (χ2n) is 8.59. The van der Waals surface area contributed by atoms with Crippen molar-refractivity contribution in [2.75, 3.05) is 13.2 Å². The van der Waals surface area contributed by atoms with E-state index in [1.54, 1.807) is 33.7 Å². The van der Waals surface area contributed by atoms with E-state index in [-0.39, 0.29) is 17.0 Å². The number of benzene rings is 3. The Hall–Kier alpha value is -4.00. The Kier molecular flexibility index (Phi) is 7.78. The summed E-state index contributed by atoms with van der Waals surface area (Å²) in [6.45, 7) is 6.78. The van der Waals surface area contributed by atoms with Crippen LogP contribution in [-0.4, -0.2) is 33.5 Å². The molecule has 0 spiro atoms. The third-order valence-electron chi connectivity index (χ3n) is 6.13. The topological polar surface area (TPSA) is 64.4 Å². The van der Waals surface area contributed by atoms with Crippen LogP contribution in [0.15, 0.2) is 77.6 Å². The lowest BCUT2D eigenvalue weighted by Gasteiger charge is -2.30. The minimum atomic E-state index is -0.559. The van der Waals surface area contributed by atoms with Crippen molar-refractivity contribution in [2.24, 2.45) is 0 Å². The van der Waals surface area contributed by atoms with Crippen LogP contribution in [-0.2, 0) is 0 Å². The van der Waals surface area contributed by atoms with Crippen LogP contribution in [0.4, 0.5) is 4.39 Å². The summed E-state index contributed by atoms with van der Waals surface area (Å²) in [6, 6.07) is 19.5. The van der Waals surface area contributed by atoms with E-state index in [1.807, 2.05) is 51.1 Å². The summed E-state index contributed by atoms with van der Waals surface area (Å²) in [5.74, 6) is 0.349. The van der Waals surface area contributed by atoms with E-state index in [1.165, 1.54) is 18.2 Å². The van der Waals surface area contributed by atoms with E-state index < -0.39 is 11.9 Å². The maximum absolute atomic E-state index is 13.9. The van der Waals surface area contributed by atoms with Gasteiger partial charge in [0.1, 0.15) is 17.4 Å². The van der Waals surface area contributed by atoms with Gasteiger partial charge in [-0.15, -0.1) is 0 Å². The number of ether oxygens (including phenoxy) is 1. The average Bonchev–Trinajstić information content (AvgIpc) is 2.89. The van der Waals surface area contributed by atoms with Crippen LogP contribution >= 0.6 is 0 Å². The monoisotopic (exact) mass is 487 g/mol. The number of amides is 1. The summed E-state index contributed by atoms with van der Waals surface area (Å²) in [5, 5.41) is 0.485. The highest BCUT2D eigenvalue weighted by molar-refractivity contribution is 5.94. The summed E-state index contributed by atoms with van der Waals surface area (Å²) < 4.78 is 21.0. The molecule has 0 aliphatic heterocycles. The van der Waals surface area contributed by atoms with Crippen molar-refractivity contribution in [3.63, 3.8) is 0 Å². The largest absolute Gasteiger partial charge is 0.494 e. The molecule has 1 amide bonds. The van der Waals surface area contributed by atoms with Crippen LogP contribution in [0.1, 0.15) is 55.8 Å². The molecule has 0 aliphatic rings. The molecule has 1 atom stereocenters. The predicted octanol–water partition coefficient (Wildman–Crippen LogP) is 5.93. The fourth-order valence-electron chi connectivity index (χ4n) is 4.26. The zero-order chi connectivity index (χ0) is 25.7. The summed E-state index contributed by atoms with van der Waals surface area (Å²) in [7, 11) is 0. The second-order valence-corrected chi connectivity index (χ2v) is 8.59. The van der Waals surface area contributed by atoms with Gasteiger partial charge >= 0.3 is 0 Å². The molecule has 0 radical (unpaired) electrons. The highest BCUT2D eigenvalue weighted by Gasteiger charge is 2.27. The number of para-hydroxylation sites is 1. The molecule has 36 heavy (non-hydrogen) atoms. The Morgan fingerprint density at radius 1 is 1.06 bits per heavy atom. The Labute approximate surface area is 210 Å². The van der Waals surface area contributed by atoms with Crippen molar-refractivity contribution >= 4 is 16.8 Å². The van der Waals surface area contributed by atoms with Gasteiger partial charge in [0.2, 0.25) is 0 Å². The van der Waals surface area contributed by atoms with Crippen molar-refractivity contribution in [1.29, 1.82) is 0 Å². The van der Waals surface area contributed by atoms with E-state index in [0.29, 0.717) is 41.3 Å². The molecule has 0 N–H and O–H groups in total. The first-order valence-electron chi connectivity index (χ1n) is 12.3. The Morgan fingerprint density at radius 2 is 1.81 bits per heavy atom. The van der Waals surface area contributed by atoms with E-state index in [2.05, 4.69) is 0 Å². The predicted molar refractivity (Wildman–Crippen MR) is 139 cm³/mol. The molecule has 7 heteroatoms. The third-order valence-corrected chi connectivity index (χ3v) is 6.13. The molecular weight excluding hydrogens is 457 g/mol. The van der Waals surface area contributed by atoms with Crippen LogP contribution < -0.4 is 10.3 Å². The lowest BCUT2D eigenvalue weighted by atomic mass is 10.1. The standard InChI is InChI=1S/C29H30FN3O3/c1-4-6-18-32(28(34)21-10-9-11-22(30)19-21)20(3)27-31-26-13-8-7-12-25(26)29(35)33(27)23-14-16-24(17-15-23)36-5-2/h7-17,19-20H,4-6,18H2,1-3H3. The number of unbranched alkanes of at least 4 members (excludes halogenated alkanes) is 1. The zero-order valence-corrected chi connectivity index (χ0v) is 20.8. The quantitative estimate of drug-likeness (QED) is 0.294. The van der Waals surface area contributed by atoms with Gasteiger partial charge in [0.05, 0.1) is 29.2 Å². The Morgan fingerprint density at radius 3 is 2.50 bits per heavy atom. The zero-order valence-electron chi connectivity index (χ0n) is 20.8. The maximum atomic E-state index is 13.9. The third kappa shape index (κ3) is 5.15. The number of aromatic nitrogens is 2. The number of nitrogens with zero attached hydrogens (tertiary/aromatic N) is 3. The van der Waals surface area contributed by atoms with E-state index in [9.17, 15) is 14.0 Å². The van der Waals surface area contributed by atoms with Crippen LogP contribution in [0.25, 0.3) is 16.6 Å². The lowest BCUT2D eigenvalue weighted by molar-refractivity contribution is 0.0677. The first-order valence-corrected chi connectivity index (χ1v) is 12.3. The summed E-state index contributed by atoms with van der Waals surface area (Å²) >= 11 is 0. The number of halogens is 1. The molecule has 0 saturated carbocycles. The SMILES string of the molecule is CCCCN(C(=O)c1cccc(F)c1)C(C)c1nc2ccccc2c(=O)n1-c1ccc(OCC)cc1. The molecule has 3 aromatic carbocycles. The molecule has 1 aromatic heterocycles. The molecule has 0 aliphatic carbocycles. The molecule has 6 nitrogen and oxygen atoms in total. The minimum Gasteiger partial charge on any atom is -0.494 e. The fraction of sp³-hybridized carbons (Fsp3) is 0.276. The van der Waals surface area contributed by atoms with E-state index in [0.717, 1.165) is 12.8 Å². The molecule has 4 rings (SSSR count). The number of carbonyl (C=O) groups excluding carboxylic acids is 1. The van der Waals surface area contributed by atoms with Gasteiger partial charge in [-0.05, 0) is 74.9 Å². The van der Waals surface area contributed by atoms with E-state index in [4.69, 9.17) is 9.72 Å². The van der Waals surface area contributed by atoms with Gasteiger partial charge in [0.25, 0.3) is 11.5 Å². The fourth-order valence-corrected chi connectivity index (χ4v) is 4.26. The van der Waals surface area contributed by atoms with Crippen molar-refractivity contribution < 1.29 is 13.9 Å². The van der Waals surface area contributed by atoms with Gasteiger partial charge in [-0.2, -0.15) is 0 Å². The molecule has 186 valence electrons. The molecule has 0 fully saturated rings. The molecule has 4 aromatic rings. The smallest absolute Gasteiger partial charge is 0.266 e. The number of hydrogen-bond acceptors (Lipinski definition) is 4. The van der Waals surface area contributed by atoms with Gasteiger partial charge < -0.3 is 9.64 Å².